The molecule has 218 valence electrons. The monoisotopic (exact) mass is 604 g/mol. The molecule has 5 aromatic rings. The Morgan fingerprint density at radius 1 is 1.19 bits per heavy atom. The highest BCUT2D eigenvalue weighted by Gasteiger charge is 2.33. The maximum Gasteiger partial charge on any atom is 0.337 e. The number of fused-ring (bicyclic) bond motifs is 2. The van der Waals surface area contributed by atoms with E-state index in [0.29, 0.717) is 30.3 Å². The van der Waals surface area contributed by atoms with Crippen LogP contribution < -0.4 is 4.90 Å². The Morgan fingerprint density at radius 3 is 2.67 bits per heavy atom. The zero-order valence-electron chi connectivity index (χ0n) is 24.2. The van der Waals surface area contributed by atoms with Crippen molar-refractivity contribution in [3.05, 3.63) is 76.4 Å². The molecule has 2 aromatic heterocycles. The lowest BCUT2D eigenvalue weighted by Gasteiger charge is -2.33. The lowest BCUT2D eigenvalue weighted by molar-refractivity contribution is -0.160. The summed E-state index contributed by atoms with van der Waals surface area (Å²) in [4.78, 5) is 19.9. The zero-order valence-corrected chi connectivity index (χ0v) is 25.8. The van der Waals surface area contributed by atoms with E-state index in [1.165, 1.54) is 0 Å². The smallest absolute Gasteiger partial charge is 0.337 e. The minimum absolute atomic E-state index is 0.111. The van der Waals surface area contributed by atoms with Gasteiger partial charge in [0, 0.05) is 35.1 Å². The highest BCUT2D eigenvalue weighted by Crippen LogP contribution is 2.45. The van der Waals surface area contributed by atoms with Crippen LogP contribution in [0.4, 0.5) is 5.13 Å². The third-order valence-corrected chi connectivity index (χ3v) is 8.89. The maximum atomic E-state index is 12.6. The molecule has 0 radical (unpaired) electrons. The van der Waals surface area contributed by atoms with Crippen molar-refractivity contribution in [2.24, 2.45) is 7.05 Å². The first-order chi connectivity index (χ1) is 20.0. The summed E-state index contributed by atoms with van der Waals surface area (Å²) in [6, 6.07) is 15.8. The topological polar surface area (TPSA) is 89.7 Å². The molecule has 6 rings (SSSR count). The molecular formula is C32H33ClN4O4S. The number of anilines is 1. The van der Waals surface area contributed by atoms with Crippen molar-refractivity contribution in [2.45, 2.75) is 45.5 Å². The van der Waals surface area contributed by atoms with Gasteiger partial charge in [-0.15, -0.1) is 0 Å². The van der Waals surface area contributed by atoms with E-state index in [-0.39, 0.29) is 6.10 Å². The average molecular weight is 605 g/mol. The number of carboxylic acids is 1. The van der Waals surface area contributed by atoms with Gasteiger partial charge in [-0.2, -0.15) is 5.10 Å². The molecule has 1 unspecified atom stereocenters. The van der Waals surface area contributed by atoms with Gasteiger partial charge in [0.15, 0.2) is 11.2 Å². The van der Waals surface area contributed by atoms with Gasteiger partial charge in [-0.3, -0.25) is 4.68 Å². The number of aromatic nitrogens is 3. The summed E-state index contributed by atoms with van der Waals surface area (Å²) in [7, 11) is 1.94. The van der Waals surface area contributed by atoms with Gasteiger partial charge in [-0.1, -0.05) is 41.1 Å². The number of rotatable bonds is 6. The number of hydrogen-bond acceptors (Lipinski definition) is 7. The predicted octanol–water partition coefficient (Wildman–Crippen LogP) is 7.33. The Kier molecular flexibility index (Phi) is 7.47. The van der Waals surface area contributed by atoms with Crippen LogP contribution >= 0.6 is 22.9 Å². The molecule has 3 heterocycles. The number of carboxylic acid groups (broad SMARTS) is 1. The third kappa shape index (κ3) is 5.49. The molecule has 0 amide bonds. The Labute approximate surface area is 253 Å². The number of benzene rings is 3. The second-order valence-electron chi connectivity index (χ2n) is 11.7. The van der Waals surface area contributed by atoms with Gasteiger partial charge in [-0.25, -0.2) is 9.78 Å². The summed E-state index contributed by atoms with van der Waals surface area (Å²) in [5.41, 5.74) is 5.46. The second kappa shape index (κ2) is 11.0. The molecule has 1 aliphatic rings. The van der Waals surface area contributed by atoms with Gasteiger partial charge < -0.3 is 19.5 Å². The lowest BCUT2D eigenvalue weighted by Crippen LogP contribution is -2.38. The molecule has 8 nitrogen and oxygen atoms in total. The van der Waals surface area contributed by atoms with Crippen LogP contribution in [0.25, 0.3) is 32.2 Å². The highest BCUT2D eigenvalue weighted by atomic mass is 35.5. The molecule has 2 atom stereocenters. The first-order valence-electron chi connectivity index (χ1n) is 13.9. The van der Waals surface area contributed by atoms with Crippen molar-refractivity contribution in [2.75, 3.05) is 24.6 Å². The van der Waals surface area contributed by atoms with Crippen molar-refractivity contribution < 1.29 is 19.4 Å². The van der Waals surface area contributed by atoms with Crippen LogP contribution in [0.3, 0.4) is 0 Å². The number of aliphatic carboxylic acids is 1. The fourth-order valence-electron chi connectivity index (χ4n) is 5.57. The van der Waals surface area contributed by atoms with E-state index >= 15 is 0 Å². The van der Waals surface area contributed by atoms with Crippen molar-refractivity contribution in [3.63, 3.8) is 0 Å². The Balaban J connectivity index is 1.44. The minimum atomic E-state index is -1.15. The summed E-state index contributed by atoms with van der Waals surface area (Å²) in [5.74, 6) is -1.03. The van der Waals surface area contributed by atoms with E-state index in [2.05, 4.69) is 28.2 Å². The molecule has 0 bridgehead atoms. The predicted molar refractivity (Wildman–Crippen MR) is 168 cm³/mol. The summed E-state index contributed by atoms with van der Waals surface area (Å²) >= 11 is 7.81. The minimum Gasteiger partial charge on any atom is -0.479 e. The Hall–Kier alpha value is -3.50. The second-order valence-corrected chi connectivity index (χ2v) is 13.1. The molecule has 1 aliphatic heterocycles. The summed E-state index contributed by atoms with van der Waals surface area (Å²) in [5, 5.41) is 17.3. The van der Waals surface area contributed by atoms with Gasteiger partial charge >= 0.3 is 5.97 Å². The Bertz CT molecular complexity index is 1790. The zero-order chi connectivity index (χ0) is 29.8. The summed E-state index contributed by atoms with van der Waals surface area (Å²) in [6.45, 7) is 9.45. The van der Waals surface area contributed by atoms with Gasteiger partial charge in [0.05, 0.1) is 40.7 Å². The van der Waals surface area contributed by atoms with Crippen molar-refractivity contribution in [3.8, 4) is 11.1 Å². The molecule has 0 spiro atoms. The summed E-state index contributed by atoms with van der Waals surface area (Å²) < 4.78 is 15.1. The number of ether oxygens (including phenoxy) is 2. The molecule has 1 N–H and O–H groups in total. The first kappa shape index (κ1) is 28.6. The van der Waals surface area contributed by atoms with Gasteiger partial charge in [0.25, 0.3) is 0 Å². The largest absolute Gasteiger partial charge is 0.479 e. The molecule has 42 heavy (non-hydrogen) atoms. The third-order valence-electron chi connectivity index (χ3n) is 7.49. The van der Waals surface area contributed by atoms with Gasteiger partial charge in [-0.05, 0) is 74.7 Å². The highest BCUT2D eigenvalue weighted by molar-refractivity contribution is 7.22. The van der Waals surface area contributed by atoms with Crippen LogP contribution in [-0.2, 0) is 21.3 Å². The van der Waals surface area contributed by atoms with Crippen molar-refractivity contribution in [1.82, 2.24) is 14.8 Å². The normalized spacial score (nSPS) is 16.8. The standard InChI is InChI=1S/C32H33ClN4O4S/c1-18-14-23-29(27(19-6-9-22(33)10-7-19)26(18)28(30(38)39)41-32(2,3)4)42-31(35-23)37-12-13-40-25(17-37)20-8-11-24-21(15-20)16-34-36(24)5/h6-11,14-16,25,28H,12-13,17H2,1-5H3,(H,38,39)/t25?,28-/m0/s1. The van der Waals surface area contributed by atoms with E-state index in [1.807, 2.05) is 76.0 Å². The van der Waals surface area contributed by atoms with Crippen LogP contribution in [-0.4, -0.2) is 51.1 Å². The molecule has 3 aromatic carbocycles. The van der Waals surface area contributed by atoms with E-state index < -0.39 is 17.7 Å². The van der Waals surface area contributed by atoms with Crippen LogP contribution in [0.2, 0.25) is 5.02 Å². The SMILES string of the molecule is Cc1cc2nc(N3CCOC(c4ccc5c(cnn5C)c4)C3)sc2c(-c2ccc(Cl)cc2)c1[C@H](OC(C)(C)C)C(=O)O. The van der Waals surface area contributed by atoms with E-state index in [1.54, 1.807) is 11.3 Å². The van der Waals surface area contributed by atoms with Gasteiger partial charge in [0.2, 0.25) is 0 Å². The van der Waals surface area contributed by atoms with Crippen LogP contribution in [0, 0.1) is 6.92 Å². The van der Waals surface area contributed by atoms with E-state index in [4.69, 9.17) is 26.1 Å². The molecule has 10 heteroatoms. The molecule has 0 saturated carbocycles. The number of carbonyl (C=O) groups is 1. The van der Waals surface area contributed by atoms with Gasteiger partial charge in [0.1, 0.15) is 6.10 Å². The summed E-state index contributed by atoms with van der Waals surface area (Å²) in [6.07, 6.45) is 0.611. The average Bonchev–Trinajstić information content (AvgIpc) is 3.54. The number of morpholine rings is 1. The molecule has 0 aliphatic carbocycles. The number of thiazole rings is 1. The molecular weight excluding hydrogens is 572 g/mol. The number of nitrogens with zero attached hydrogens (tertiary/aromatic N) is 4. The van der Waals surface area contributed by atoms with Crippen molar-refractivity contribution >= 4 is 55.2 Å². The van der Waals surface area contributed by atoms with E-state index in [9.17, 15) is 9.90 Å². The first-order valence-corrected chi connectivity index (χ1v) is 15.1. The number of hydrogen-bond donors (Lipinski definition) is 1. The fraction of sp³-hybridized carbons (Fsp3) is 0.344. The van der Waals surface area contributed by atoms with E-state index in [0.717, 1.165) is 48.5 Å². The quantitative estimate of drug-likeness (QED) is 0.217. The van der Waals surface area contributed by atoms with Crippen LogP contribution in [0.15, 0.2) is 54.7 Å². The fourth-order valence-corrected chi connectivity index (χ4v) is 6.86. The molecule has 1 saturated heterocycles. The Morgan fingerprint density at radius 2 is 1.95 bits per heavy atom. The maximum absolute atomic E-state index is 12.6. The van der Waals surface area contributed by atoms with Crippen LogP contribution in [0.5, 0.6) is 0 Å². The lowest BCUT2D eigenvalue weighted by atomic mass is 9.91. The number of halogens is 1. The number of aryl methyl sites for hydroxylation is 2. The molecule has 1 fully saturated rings. The van der Waals surface area contributed by atoms with Crippen LogP contribution in [0.1, 0.15) is 49.7 Å². The van der Waals surface area contributed by atoms with Crippen molar-refractivity contribution in [1.29, 1.82) is 0 Å².